The van der Waals surface area contributed by atoms with E-state index in [-0.39, 0.29) is 17.7 Å². The summed E-state index contributed by atoms with van der Waals surface area (Å²) in [6, 6.07) is -0.780. The zero-order valence-electron chi connectivity index (χ0n) is 9.12. The number of amides is 1. The van der Waals surface area contributed by atoms with Crippen LogP contribution in [0.15, 0.2) is 0 Å². The van der Waals surface area contributed by atoms with E-state index >= 15 is 0 Å². The quantitative estimate of drug-likeness (QED) is 0.606. The monoisotopic (exact) mass is 214 g/mol. The minimum absolute atomic E-state index is 0.0781. The zero-order chi connectivity index (χ0) is 11.4. The topological polar surface area (TPSA) is 78.4 Å². The van der Waals surface area contributed by atoms with Crippen molar-refractivity contribution in [3.8, 4) is 0 Å². The van der Waals surface area contributed by atoms with Gasteiger partial charge in [-0.05, 0) is 18.9 Å². The Morgan fingerprint density at radius 1 is 1.47 bits per heavy atom. The molecule has 0 aromatic heterocycles. The Bertz CT molecular complexity index is 247. The number of hydrogen-bond donors (Lipinski definition) is 3. The van der Waals surface area contributed by atoms with E-state index in [1.54, 1.807) is 13.8 Å². The van der Waals surface area contributed by atoms with E-state index in [9.17, 15) is 9.59 Å². The standard InChI is InChI=1S/C10H18N2O3/c1-6(2)8(10(14)15)12-9(13)7-3-4-11-5-7/h6-8,11H,3-5H2,1-2H3,(H,12,13)(H,14,15)/t7-,8-/m0/s1. The van der Waals surface area contributed by atoms with Crippen LogP contribution < -0.4 is 10.6 Å². The average molecular weight is 214 g/mol. The fourth-order valence-electron chi connectivity index (χ4n) is 1.66. The van der Waals surface area contributed by atoms with Gasteiger partial charge < -0.3 is 15.7 Å². The molecule has 5 heteroatoms. The predicted octanol–water partition coefficient (Wildman–Crippen LogP) is -0.179. The lowest BCUT2D eigenvalue weighted by atomic mass is 10.0. The van der Waals surface area contributed by atoms with Crippen LogP contribution in [0.5, 0.6) is 0 Å². The van der Waals surface area contributed by atoms with E-state index in [0.717, 1.165) is 13.0 Å². The van der Waals surface area contributed by atoms with Crippen LogP contribution in [-0.2, 0) is 9.59 Å². The molecule has 86 valence electrons. The molecule has 1 saturated heterocycles. The smallest absolute Gasteiger partial charge is 0.326 e. The van der Waals surface area contributed by atoms with E-state index in [2.05, 4.69) is 10.6 Å². The van der Waals surface area contributed by atoms with Gasteiger partial charge in [0.25, 0.3) is 0 Å². The van der Waals surface area contributed by atoms with Crippen molar-refractivity contribution in [3.63, 3.8) is 0 Å². The van der Waals surface area contributed by atoms with Gasteiger partial charge in [-0.2, -0.15) is 0 Å². The summed E-state index contributed by atoms with van der Waals surface area (Å²) < 4.78 is 0. The van der Waals surface area contributed by atoms with E-state index in [0.29, 0.717) is 6.54 Å². The molecule has 0 aromatic rings. The Labute approximate surface area is 89.2 Å². The Kier molecular flexibility index (Phi) is 4.08. The number of carboxylic acid groups (broad SMARTS) is 1. The molecule has 15 heavy (non-hydrogen) atoms. The molecule has 5 nitrogen and oxygen atoms in total. The van der Waals surface area contributed by atoms with Crippen molar-refractivity contribution in [2.75, 3.05) is 13.1 Å². The van der Waals surface area contributed by atoms with Crippen molar-refractivity contribution < 1.29 is 14.7 Å². The first kappa shape index (κ1) is 12.0. The van der Waals surface area contributed by atoms with E-state index in [4.69, 9.17) is 5.11 Å². The molecule has 0 aromatic carbocycles. The molecule has 1 amide bonds. The second-order valence-corrected chi connectivity index (χ2v) is 4.26. The number of hydrogen-bond acceptors (Lipinski definition) is 3. The van der Waals surface area contributed by atoms with Crippen LogP contribution in [0, 0.1) is 11.8 Å². The fourth-order valence-corrected chi connectivity index (χ4v) is 1.66. The molecular formula is C10H18N2O3. The molecule has 0 bridgehead atoms. The number of rotatable bonds is 4. The highest BCUT2D eigenvalue weighted by atomic mass is 16.4. The molecule has 3 N–H and O–H groups in total. The molecule has 1 heterocycles. The maximum Gasteiger partial charge on any atom is 0.326 e. The van der Waals surface area contributed by atoms with Gasteiger partial charge in [0, 0.05) is 6.54 Å². The summed E-state index contributed by atoms with van der Waals surface area (Å²) in [5.41, 5.74) is 0. The van der Waals surface area contributed by atoms with Crippen molar-refractivity contribution >= 4 is 11.9 Å². The predicted molar refractivity (Wildman–Crippen MR) is 55.4 cm³/mol. The largest absolute Gasteiger partial charge is 0.480 e. The van der Waals surface area contributed by atoms with Crippen molar-refractivity contribution in [2.24, 2.45) is 11.8 Å². The third-order valence-corrected chi connectivity index (χ3v) is 2.66. The molecular weight excluding hydrogens is 196 g/mol. The highest BCUT2D eigenvalue weighted by Crippen LogP contribution is 2.09. The maximum atomic E-state index is 11.7. The summed E-state index contributed by atoms with van der Waals surface area (Å²) in [6.07, 6.45) is 0.788. The second kappa shape index (κ2) is 5.11. The highest BCUT2D eigenvalue weighted by Gasteiger charge is 2.28. The molecule has 1 aliphatic heterocycles. The summed E-state index contributed by atoms with van der Waals surface area (Å²) in [5, 5.41) is 14.6. The molecule has 0 aliphatic carbocycles. The summed E-state index contributed by atoms with van der Waals surface area (Å²) in [6.45, 7) is 5.05. The van der Waals surface area contributed by atoms with Gasteiger partial charge in [0.1, 0.15) is 6.04 Å². The first-order chi connectivity index (χ1) is 7.02. The normalized spacial score (nSPS) is 22.7. The van der Waals surface area contributed by atoms with Crippen molar-refractivity contribution in [3.05, 3.63) is 0 Å². The SMILES string of the molecule is CC(C)[C@H](NC(=O)[C@H]1CCNC1)C(=O)O. The van der Waals surface area contributed by atoms with Gasteiger partial charge in [-0.15, -0.1) is 0 Å². The lowest BCUT2D eigenvalue weighted by molar-refractivity contribution is -0.143. The Balaban J connectivity index is 2.50. The molecule has 0 spiro atoms. The van der Waals surface area contributed by atoms with Gasteiger partial charge in [-0.25, -0.2) is 4.79 Å². The van der Waals surface area contributed by atoms with Gasteiger partial charge >= 0.3 is 5.97 Å². The van der Waals surface area contributed by atoms with E-state index < -0.39 is 12.0 Å². The van der Waals surface area contributed by atoms with Gasteiger partial charge in [-0.3, -0.25) is 4.79 Å². The lowest BCUT2D eigenvalue weighted by Gasteiger charge is -2.19. The van der Waals surface area contributed by atoms with Crippen LogP contribution in [-0.4, -0.2) is 36.1 Å². The number of carbonyl (C=O) groups is 2. The van der Waals surface area contributed by atoms with Crippen LogP contribution in [0.25, 0.3) is 0 Å². The molecule has 1 aliphatic rings. The van der Waals surface area contributed by atoms with Crippen LogP contribution >= 0.6 is 0 Å². The van der Waals surface area contributed by atoms with Gasteiger partial charge in [0.15, 0.2) is 0 Å². The van der Waals surface area contributed by atoms with Crippen LogP contribution in [0.3, 0.4) is 0 Å². The van der Waals surface area contributed by atoms with E-state index in [1.807, 2.05) is 0 Å². The molecule has 1 fully saturated rings. The minimum atomic E-state index is -0.968. The molecule has 1 rings (SSSR count). The Morgan fingerprint density at radius 3 is 2.53 bits per heavy atom. The van der Waals surface area contributed by atoms with Gasteiger partial charge in [0.05, 0.1) is 5.92 Å². The maximum absolute atomic E-state index is 11.7. The van der Waals surface area contributed by atoms with Crippen LogP contribution in [0.1, 0.15) is 20.3 Å². The summed E-state index contributed by atoms with van der Waals surface area (Å²) in [5.74, 6) is -1.29. The van der Waals surface area contributed by atoms with Crippen molar-refractivity contribution in [2.45, 2.75) is 26.3 Å². The van der Waals surface area contributed by atoms with Gasteiger partial charge in [-0.1, -0.05) is 13.8 Å². The highest BCUT2D eigenvalue weighted by molar-refractivity contribution is 5.85. The van der Waals surface area contributed by atoms with Gasteiger partial charge in [0.2, 0.25) is 5.91 Å². The minimum Gasteiger partial charge on any atom is -0.480 e. The van der Waals surface area contributed by atoms with Crippen molar-refractivity contribution in [1.82, 2.24) is 10.6 Å². The lowest BCUT2D eigenvalue weighted by Crippen LogP contribution is -2.47. The zero-order valence-corrected chi connectivity index (χ0v) is 9.12. The molecule has 0 saturated carbocycles. The first-order valence-electron chi connectivity index (χ1n) is 5.26. The number of carbonyl (C=O) groups excluding carboxylic acids is 1. The van der Waals surface area contributed by atoms with Crippen molar-refractivity contribution in [1.29, 1.82) is 0 Å². The van der Waals surface area contributed by atoms with Crippen LogP contribution in [0.4, 0.5) is 0 Å². The van der Waals surface area contributed by atoms with E-state index in [1.165, 1.54) is 0 Å². The summed E-state index contributed by atoms with van der Waals surface area (Å²) in [7, 11) is 0. The molecule has 2 atom stereocenters. The summed E-state index contributed by atoms with van der Waals surface area (Å²) >= 11 is 0. The Morgan fingerprint density at radius 2 is 2.13 bits per heavy atom. The number of aliphatic carboxylic acids is 1. The second-order valence-electron chi connectivity index (χ2n) is 4.26. The number of nitrogens with one attached hydrogen (secondary N) is 2. The third kappa shape index (κ3) is 3.20. The third-order valence-electron chi connectivity index (χ3n) is 2.66. The Hall–Kier alpha value is -1.10. The summed E-state index contributed by atoms with van der Waals surface area (Å²) in [4.78, 5) is 22.5. The van der Waals surface area contributed by atoms with Crippen LogP contribution in [0.2, 0.25) is 0 Å². The molecule has 0 radical (unpaired) electrons. The average Bonchev–Trinajstić information content (AvgIpc) is 2.65. The first-order valence-corrected chi connectivity index (χ1v) is 5.26. The fraction of sp³-hybridized carbons (Fsp3) is 0.800. The molecule has 0 unspecified atom stereocenters. The number of carboxylic acids is 1.